The minimum atomic E-state index is -4.55. The third-order valence-electron chi connectivity index (χ3n) is 5.43. The van der Waals surface area contributed by atoms with Gasteiger partial charge in [0.1, 0.15) is 5.52 Å². The van der Waals surface area contributed by atoms with E-state index in [1.165, 1.54) is 12.1 Å². The third kappa shape index (κ3) is 3.93. The number of carbonyl (C=O) groups is 1. The Bertz CT molecular complexity index is 1320. The first-order chi connectivity index (χ1) is 15.2. The molecule has 0 spiro atoms. The summed E-state index contributed by atoms with van der Waals surface area (Å²) in [6.07, 6.45) is -4.55. The highest BCUT2D eigenvalue weighted by Crippen LogP contribution is 2.38. The first-order valence-electron chi connectivity index (χ1n) is 9.94. The van der Waals surface area contributed by atoms with Crippen LogP contribution >= 0.6 is 0 Å². The first-order valence-corrected chi connectivity index (χ1v) is 9.94. The Hall–Kier alpha value is -3.74. The zero-order chi connectivity index (χ0) is 23.0. The second-order valence-corrected chi connectivity index (χ2v) is 7.56. The van der Waals surface area contributed by atoms with Crippen LogP contribution in [0, 0.1) is 6.92 Å². The van der Waals surface area contributed by atoms with Crippen molar-refractivity contribution in [3.63, 3.8) is 0 Å². The van der Waals surface area contributed by atoms with Gasteiger partial charge in [-0.25, -0.2) is 9.97 Å². The molecule has 1 unspecified atom stereocenters. The van der Waals surface area contributed by atoms with E-state index in [9.17, 15) is 23.1 Å². The van der Waals surface area contributed by atoms with Crippen LogP contribution < -0.4 is 0 Å². The van der Waals surface area contributed by atoms with E-state index >= 15 is 0 Å². The van der Waals surface area contributed by atoms with Crippen LogP contribution in [0.15, 0.2) is 66.7 Å². The lowest BCUT2D eigenvalue weighted by Crippen LogP contribution is -2.09. The molecule has 0 aliphatic rings. The van der Waals surface area contributed by atoms with Crippen molar-refractivity contribution in [2.75, 3.05) is 0 Å². The lowest BCUT2D eigenvalue weighted by atomic mass is 9.91. The maximum atomic E-state index is 13.5. The first kappa shape index (κ1) is 21.5. The van der Waals surface area contributed by atoms with Crippen molar-refractivity contribution in [1.29, 1.82) is 0 Å². The van der Waals surface area contributed by atoms with E-state index in [-0.39, 0.29) is 11.0 Å². The smallest absolute Gasteiger partial charge is 0.418 e. The summed E-state index contributed by atoms with van der Waals surface area (Å²) >= 11 is 0. The summed E-state index contributed by atoms with van der Waals surface area (Å²) in [6.45, 7) is 3.19. The second kappa shape index (κ2) is 8.07. The Labute approximate surface area is 182 Å². The van der Waals surface area contributed by atoms with Crippen molar-refractivity contribution in [2.45, 2.75) is 25.9 Å². The van der Waals surface area contributed by atoms with Crippen molar-refractivity contribution < 1.29 is 23.1 Å². The van der Waals surface area contributed by atoms with Crippen molar-refractivity contribution in [3.8, 4) is 22.4 Å². The van der Waals surface area contributed by atoms with Crippen molar-refractivity contribution >= 4 is 17.0 Å². The second-order valence-electron chi connectivity index (χ2n) is 7.56. The predicted octanol–water partition coefficient (Wildman–Crippen LogP) is 6.48. The molecule has 4 rings (SSSR count). The number of nitrogens with zero attached hydrogens (tertiary/aromatic N) is 2. The molecule has 1 atom stereocenters. The van der Waals surface area contributed by atoms with Crippen LogP contribution in [0.3, 0.4) is 0 Å². The molecule has 3 aromatic carbocycles. The maximum Gasteiger partial charge on any atom is 0.418 e. The number of halogens is 3. The van der Waals surface area contributed by atoms with Gasteiger partial charge in [-0.2, -0.15) is 13.2 Å². The summed E-state index contributed by atoms with van der Waals surface area (Å²) in [6, 6.07) is 18.5. The molecule has 32 heavy (non-hydrogen) atoms. The van der Waals surface area contributed by atoms with E-state index in [1.54, 1.807) is 26.0 Å². The summed E-state index contributed by atoms with van der Waals surface area (Å²) in [7, 11) is 0. The van der Waals surface area contributed by atoms with E-state index in [0.717, 1.165) is 17.2 Å². The lowest BCUT2D eigenvalue weighted by Gasteiger charge is -2.17. The van der Waals surface area contributed by atoms with Crippen LogP contribution in [0.2, 0.25) is 0 Å². The molecule has 0 amide bonds. The van der Waals surface area contributed by atoms with Gasteiger partial charge in [0.2, 0.25) is 0 Å². The largest absolute Gasteiger partial charge is 0.481 e. The number of benzene rings is 3. The molecule has 0 aliphatic heterocycles. The number of rotatable bonds is 4. The third-order valence-corrected chi connectivity index (χ3v) is 5.43. The van der Waals surface area contributed by atoms with E-state index in [1.807, 2.05) is 36.4 Å². The monoisotopic (exact) mass is 436 g/mol. The minimum Gasteiger partial charge on any atom is -0.481 e. The van der Waals surface area contributed by atoms with Crippen LogP contribution in [0.1, 0.15) is 29.7 Å². The number of carboxylic acids is 1. The number of aryl methyl sites for hydroxylation is 1. The number of para-hydroxylation sites is 1. The Morgan fingerprint density at radius 2 is 1.66 bits per heavy atom. The van der Waals surface area contributed by atoms with Gasteiger partial charge in [-0.05, 0) is 48.7 Å². The molecule has 0 fully saturated rings. The molecule has 1 aromatic heterocycles. The summed E-state index contributed by atoms with van der Waals surface area (Å²) in [5.41, 5.74) is 2.66. The molecular weight excluding hydrogens is 417 g/mol. The summed E-state index contributed by atoms with van der Waals surface area (Å²) in [5.74, 6) is -1.73. The van der Waals surface area contributed by atoms with Crippen LogP contribution in [-0.2, 0) is 11.0 Å². The fraction of sp³-hybridized carbons (Fsp3) is 0.160. The number of aliphatic carboxylic acids is 1. The SMILES string of the molecule is Cc1nc2c(C(F)(F)F)cccc2nc1-c1cc(C(C)C(=O)O)ccc1-c1ccccc1. The van der Waals surface area contributed by atoms with Gasteiger partial charge in [0.15, 0.2) is 0 Å². The average Bonchev–Trinajstić information content (AvgIpc) is 2.77. The molecule has 7 heteroatoms. The highest BCUT2D eigenvalue weighted by atomic mass is 19.4. The number of fused-ring (bicyclic) bond motifs is 1. The summed E-state index contributed by atoms with van der Waals surface area (Å²) in [4.78, 5) is 20.3. The molecule has 4 nitrogen and oxygen atoms in total. The van der Waals surface area contributed by atoms with Crippen LogP contribution in [-0.4, -0.2) is 21.0 Å². The molecular formula is C25H19F3N2O2. The van der Waals surface area contributed by atoms with Gasteiger partial charge < -0.3 is 5.11 Å². The van der Waals surface area contributed by atoms with Gasteiger partial charge in [-0.1, -0.05) is 48.5 Å². The normalized spacial score (nSPS) is 12.7. The lowest BCUT2D eigenvalue weighted by molar-refractivity contribution is -0.138. The fourth-order valence-corrected chi connectivity index (χ4v) is 3.68. The van der Waals surface area contributed by atoms with Crippen LogP contribution in [0.4, 0.5) is 13.2 Å². The van der Waals surface area contributed by atoms with Crippen molar-refractivity contribution in [3.05, 3.63) is 83.6 Å². The molecule has 0 aliphatic carbocycles. The van der Waals surface area contributed by atoms with Gasteiger partial charge in [-0.3, -0.25) is 4.79 Å². The van der Waals surface area contributed by atoms with Gasteiger partial charge in [0.05, 0.1) is 28.4 Å². The van der Waals surface area contributed by atoms with Gasteiger partial charge in [0.25, 0.3) is 0 Å². The molecule has 162 valence electrons. The number of alkyl halides is 3. The van der Waals surface area contributed by atoms with E-state index in [2.05, 4.69) is 9.97 Å². The average molecular weight is 436 g/mol. The molecule has 1 N–H and O–H groups in total. The quantitative estimate of drug-likeness (QED) is 0.398. The number of hydrogen-bond donors (Lipinski definition) is 1. The fourth-order valence-electron chi connectivity index (χ4n) is 3.68. The zero-order valence-corrected chi connectivity index (χ0v) is 17.3. The number of carboxylic acid groups (broad SMARTS) is 1. The van der Waals surface area contributed by atoms with Crippen molar-refractivity contribution in [2.24, 2.45) is 0 Å². The summed E-state index contributed by atoms with van der Waals surface area (Å²) in [5, 5.41) is 9.45. The highest BCUT2D eigenvalue weighted by molar-refractivity contribution is 5.88. The van der Waals surface area contributed by atoms with E-state index in [4.69, 9.17) is 0 Å². The topological polar surface area (TPSA) is 63.1 Å². The predicted molar refractivity (Wildman–Crippen MR) is 116 cm³/mol. The highest BCUT2D eigenvalue weighted by Gasteiger charge is 2.33. The standard InChI is InChI=1S/C25H19F3N2O2/c1-14(24(31)32)17-11-12-18(16-7-4-3-5-8-16)19(13-17)22-15(2)29-23-20(25(26,27)28)9-6-10-21(23)30-22/h3-14H,1-2H3,(H,31,32). The molecule has 0 bridgehead atoms. The number of aromatic nitrogens is 2. The Kier molecular flexibility index (Phi) is 5.42. The van der Waals surface area contributed by atoms with Gasteiger partial charge in [-0.15, -0.1) is 0 Å². The summed E-state index contributed by atoms with van der Waals surface area (Å²) < 4.78 is 40.4. The van der Waals surface area contributed by atoms with Gasteiger partial charge >= 0.3 is 12.1 Å². The van der Waals surface area contributed by atoms with Gasteiger partial charge in [0, 0.05) is 5.56 Å². The molecule has 0 saturated heterocycles. The Balaban J connectivity index is 2.00. The molecule has 0 radical (unpaired) electrons. The molecule has 0 saturated carbocycles. The van der Waals surface area contributed by atoms with E-state index in [0.29, 0.717) is 22.5 Å². The van der Waals surface area contributed by atoms with Crippen molar-refractivity contribution in [1.82, 2.24) is 9.97 Å². The number of hydrogen-bond acceptors (Lipinski definition) is 3. The Morgan fingerprint density at radius 1 is 0.938 bits per heavy atom. The van der Waals surface area contributed by atoms with Crippen LogP contribution in [0.25, 0.3) is 33.4 Å². The van der Waals surface area contributed by atoms with E-state index < -0.39 is 23.6 Å². The Morgan fingerprint density at radius 3 is 2.31 bits per heavy atom. The van der Waals surface area contributed by atoms with Crippen LogP contribution in [0.5, 0.6) is 0 Å². The minimum absolute atomic E-state index is 0.121. The molecule has 1 heterocycles. The maximum absolute atomic E-state index is 13.5. The zero-order valence-electron chi connectivity index (χ0n) is 17.3. The molecule has 4 aromatic rings.